The molecule has 1 aliphatic rings. The summed E-state index contributed by atoms with van der Waals surface area (Å²) in [6.45, 7) is -0.161. The second-order valence-corrected chi connectivity index (χ2v) is 8.07. The van der Waals surface area contributed by atoms with Crippen molar-refractivity contribution in [3.8, 4) is 11.6 Å². The molecule has 9 nitrogen and oxygen atoms in total. The van der Waals surface area contributed by atoms with E-state index < -0.39 is 64.7 Å². The highest BCUT2D eigenvalue weighted by atomic mass is 19.4. The normalized spacial score (nSPS) is 19.8. The Morgan fingerprint density at radius 3 is 2.47 bits per heavy atom. The number of aromatic nitrogens is 4. The average Bonchev–Trinajstić information content (AvgIpc) is 3.30. The van der Waals surface area contributed by atoms with Crippen LogP contribution in [0.2, 0.25) is 0 Å². The van der Waals surface area contributed by atoms with Crippen molar-refractivity contribution in [2.45, 2.75) is 43.6 Å². The topological polar surface area (TPSA) is 131 Å². The van der Waals surface area contributed by atoms with Gasteiger partial charge < -0.3 is 20.2 Å². The number of carbonyl (C=O) groups excluding carboxylic acids is 1. The summed E-state index contributed by atoms with van der Waals surface area (Å²) < 4.78 is 87.9. The van der Waals surface area contributed by atoms with Gasteiger partial charge in [0.2, 0.25) is 5.60 Å². The number of pyridine rings is 2. The molecule has 0 radical (unpaired) electrons. The van der Waals surface area contributed by atoms with Gasteiger partial charge in [0.25, 0.3) is 17.7 Å². The first kappa shape index (κ1) is 25.3. The minimum atomic E-state index is -5.20. The Balaban J connectivity index is 1.94. The molecule has 1 amide bonds. The molecule has 0 aliphatic carbocycles. The lowest BCUT2D eigenvalue weighted by atomic mass is 9.95. The summed E-state index contributed by atoms with van der Waals surface area (Å²) in [4.78, 5) is 22.0. The van der Waals surface area contributed by atoms with E-state index in [0.29, 0.717) is 6.07 Å². The molecule has 3 aromatic rings. The van der Waals surface area contributed by atoms with Crippen molar-refractivity contribution >= 4 is 17.3 Å². The van der Waals surface area contributed by atoms with Crippen LogP contribution >= 0.6 is 0 Å². The van der Waals surface area contributed by atoms with Gasteiger partial charge >= 0.3 is 12.4 Å². The summed E-state index contributed by atoms with van der Waals surface area (Å²) in [6.07, 6.45) is -8.45. The van der Waals surface area contributed by atoms with E-state index in [-0.39, 0.29) is 31.5 Å². The molecule has 4 rings (SSSR count). The van der Waals surface area contributed by atoms with Crippen molar-refractivity contribution in [2.24, 2.45) is 0 Å². The van der Waals surface area contributed by atoms with Gasteiger partial charge in [-0.3, -0.25) is 9.78 Å². The van der Waals surface area contributed by atoms with E-state index in [2.05, 4.69) is 20.2 Å². The standard InChI is InChI=1S/C21H18F6N6O3/c22-20(23,24)12-9-13(28)15-16-31-32-18(36-16)19(35,21(25,26)27)6-2-1-3-8-33(17(34)14(12)30-15)11-5-4-7-29-10-11/h4-5,7,9-10,35H,1-3,6,8,28H2/t19-/m1/s1. The minimum Gasteiger partial charge on any atom is -0.416 e. The Morgan fingerprint density at radius 2 is 1.83 bits per heavy atom. The van der Waals surface area contributed by atoms with Gasteiger partial charge in [-0.15, -0.1) is 10.2 Å². The molecule has 192 valence electrons. The van der Waals surface area contributed by atoms with Crippen LogP contribution in [-0.4, -0.2) is 43.9 Å². The van der Waals surface area contributed by atoms with Crippen LogP contribution in [0.25, 0.3) is 11.6 Å². The average molecular weight is 516 g/mol. The highest BCUT2D eigenvalue weighted by molar-refractivity contribution is 6.06. The van der Waals surface area contributed by atoms with Crippen LogP contribution in [0.15, 0.2) is 35.0 Å². The maximum atomic E-state index is 13.9. The van der Waals surface area contributed by atoms with Crippen molar-refractivity contribution in [3.05, 3.63) is 47.7 Å². The number of hydrogen-bond donors (Lipinski definition) is 2. The summed E-state index contributed by atoms with van der Waals surface area (Å²) in [5, 5.41) is 17.1. The molecule has 0 fully saturated rings. The zero-order valence-electron chi connectivity index (χ0n) is 18.3. The second-order valence-electron chi connectivity index (χ2n) is 8.07. The Hall–Kier alpha value is -3.75. The third-order valence-electron chi connectivity index (χ3n) is 5.63. The number of rotatable bonds is 1. The van der Waals surface area contributed by atoms with Crippen LogP contribution in [-0.2, 0) is 11.8 Å². The summed E-state index contributed by atoms with van der Waals surface area (Å²) in [5.41, 5.74) is -1.50. The first-order valence-corrected chi connectivity index (χ1v) is 10.6. The van der Waals surface area contributed by atoms with Crippen LogP contribution in [0, 0.1) is 0 Å². The molecular formula is C21H18F6N6O3. The lowest BCUT2D eigenvalue weighted by molar-refractivity contribution is -0.277. The van der Waals surface area contributed by atoms with E-state index >= 15 is 0 Å². The molecule has 36 heavy (non-hydrogen) atoms. The van der Waals surface area contributed by atoms with Gasteiger partial charge in [0.15, 0.2) is 5.69 Å². The van der Waals surface area contributed by atoms with Crippen molar-refractivity contribution in [1.29, 1.82) is 0 Å². The maximum Gasteiger partial charge on any atom is 0.426 e. The first-order valence-electron chi connectivity index (χ1n) is 10.6. The fourth-order valence-electron chi connectivity index (χ4n) is 3.75. The third-order valence-corrected chi connectivity index (χ3v) is 5.63. The monoisotopic (exact) mass is 516 g/mol. The molecule has 0 spiro atoms. The number of nitrogens with two attached hydrogens (primary N) is 1. The predicted molar refractivity (Wildman–Crippen MR) is 111 cm³/mol. The first-order chi connectivity index (χ1) is 16.8. The molecule has 3 N–H and O–H groups in total. The van der Waals surface area contributed by atoms with Gasteiger partial charge in [0, 0.05) is 12.7 Å². The summed E-state index contributed by atoms with van der Waals surface area (Å²) >= 11 is 0. The SMILES string of the molecule is Nc1cc(C(F)(F)F)c2nc1-c1nnc(o1)[C@@](O)(C(F)(F)F)CCCCCN(c1cccnc1)C2=O. The minimum absolute atomic E-state index is 0.0793. The molecule has 0 aromatic carbocycles. The molecule has 1 atom stereocenters. The van der Waals surface area contributed by atoms with Gasteiger partial charge in [0.05, 0.1) is 23.1 Å². The summed E-state index contributed by atoms with van der Waals surface area (Å²) in [5.74, 6) is -3.15. The Morgan fingerprint density at radius 1 is 1.08 bits per heavy atom. The maximum absolute atomic E-state index is 13.9. The van der Waals surface area contributed by atoms with Crippen LogP contribution < -0.4 is 10.6 Å². The number of alkyl halides is 6. The fraction of sp³-hybridized carbons (Fsp3) is 0.381. The fourth-order valence-corrected chi connectivity index (χ4v) is 3.75. The number of carbonyl (C=O) groups is 1. The number of anilines is 2. The zero-order valence-corrected chi connectivity index (χ0v) is 18.3. The lowest BCUT2D eigenvalue weighted by Gasteiger charge is -2.27. The van der Waals surface area contributed by atoms with E-state index in [1.807, 2.05) is 0 Å². The van der Waals surface area contributed by atoms with Crippen LogP contribution in [0.3, 0.4) is 0 Å². The quantitative estimate of drug-likeness (QED) is 0.463. The number of nitrogens with zero attached hydrogens (tertiary/aromatic N) is 5. The van der Waals surface area contributed by atoms with Gasteiger partial charge in [-0.25, -0.2) is 4.98 Å². The number of hydrogen-bond acceptors (Lipinski definition) is 8. The van der Waals surface area contributed by atoms with Gasteiger partial charge in [-0.05, 0) is 37.5 Å². The van der Waals surface area contributed by atoms with E-state index in [1.165, 1.54) is 24.5 Å². The van der Waals surface area contributed by atoms with E-state index in [9.17, 15) is 36.2 Å². The molecule has 0 unspecified atom stereocenters. The molecule has 15 heteroatoms. The number of amides is 1. The van der Waals surface area contributed by atoms with Crippen molar-refractivity contribution in [1.82, 2.24) is 20.2 Å². The van der Waals surface area contributed by atoms with Crippen molar-refractivity contribution in [2.75, 3.05) is 17.2 Å². The number of nitrogen functional groups attached to an aromatic ring is 1. The second kappa shape index (κ2) is 9.04. The van der Waals surface area contributed by atoms with Crippen molar-refractivity contribution < 1.29 is 40.7 Å². The Labute approximate surface area is 199 Å². The molecule has 3 aromatic heterocycles. The largest absolute Gasteiger partial charge is 0.426 e. The zero-order chi connectivity index (χ0) is 26.3. The van der Waals surface area contributed by atoms with E-state index in [0.717, 1.165) is 4.90 Å². The number of halogens is 6. The molecule has 4 heterocycles. The van der Waals surface area contributed by atoms with Gasteiger partial charge in [0.1, 0.15) is 5.69 Å². The highest BCUT2D eigenvalue weighted by Crippen LogP contribution is 2.43. The highest BCUT2D eigenvalue weighted by Gasteiger charge is 2.58. The lowest BCUT2D eigenvalue weighted by Crippen LogP contribution is -2.42. The summed E-state index contributed by atoms with van der Waals surface area (Å²) in [7, 11) is 0. The molecule has 0 saturated heterocycles. The Bertz CT molecular complexity index is 1260. The van der Waals surface area contributed by atoms with Gasteiger partial charge in [-0.1, -0.05) is 6.42 Å². The molecule has 1 aliphatic heterocycles. The smallest absolute Gasteiger partial charge is 0.416 e. The summed E-state index contributed by atoms with van der Waals surface area (Å²) in [6, 6.07) is 3.32. The third kappa shape index (κ3) is 4.57. The van der Waals surface area contributed by atoms with Crippen LogP contribution in [0.1, 0.15) is 47.6 Å². The van der Waals surface area contributed by atoms with Gasteiger partial charge in [-0.2, -0.15) is 26.3 Å². The predicted octanol–water partition coefficient (Wildman–Crippen LogP) is 4.10. The van der Waals surface area contributed by atoms with Crippen molar-refractivity contribution in [3.63, 3.8) is 0 Å². The van der Waals surface area contributed by atoms with Crippen LogP contribution in [0.5, 0.6) is 0 Å². The van der Waals surface area contributed by atoms with E-state index in [1.54, 1.807) is 0 Å². The van der Waals surface area contributed by atoms with Crippen LogP contribution in [0.4, 0.5) is 37.7 Å². The number of aliphatic hydroxyl groups is 1. The number of fused-ring (bicyclic) bond motifs is 5. The Kier molecular flexibility index (Phi) is 6.36. The molecule has 0 saturated carbocycles. The molecular weight excluding hydrogens is 498 g/mol. The van der Waals surface area contributed by atoms with E-state index in [4.69, 9.17) is 10.2 Å². The molecule has 4 bridgehead atoms.